The number of carbonyl (C=O) groups is 1. The van der Waals surface area contributed by atoms with Gasteiger partial charge in [0.25, 0.3) is 0 Å². The number of hydrogen-bond donors (Lipinski definition) is 1. The van der Waals surface area contributed by atoms with Crippen molar-refractivity contribution in [2.45, 2.75) is 50.0 Å². The van der Waals surface area contributed by atoms with E-state index < -0.39 is 0 Å². The van der Waals surface area contributed by atoms with Gasteiger partial charge in [0.1, 0.15) is 5.03 Å². The van der Waals surface area contributed by atoms with Crippen LogP contribution in [0.4, 0.5) is 5.82 Å². The maximum atomic E-state index is 12.5. The summed E-state index contributed by atoms with van der Waals surface area (Å²) in [5.41, 5.74) is 1.25. The molecule has 5 nitrogen and oxygen atoms in total. The zero-order chi connectivity index (χ0) is 19.9. The first-order valence-electron chi connectivity index (χ1n) is 10.1. The third-order valence-corrected chi connectivity index (χ3v) is 5.94. The number of carbonyl (C=O) groups excluding carboxylic acids is 1. The summed E-state index contributed by atoms with van der Waals surface area (Å²) in [5.74, 6) is 1.66. The molecule has 2 heterocycles. The highest BCUT2D eigenvalue weighted by Crippen LogP contribution is 2.27. The van der Waals surface area contributed by atoms with Gasteiger partial charge in [-0.2, -0.15) is 0 Å². The van der Waals surface area contributed by atoms with E-state index in [1.165, 1.54) is 5.56 Å². The minimum atomic E-state index is 0.0318. The van der Waals surface area contributed by atoms with Crippen LogP contribution in [0, 0.1) is 18.8 Å². The van der Waals surface area contributed by atoms with Crippen LogP contribution >= 0.6 is 11.8 Å². The molecule has 0 saturated carbocycles. The summed E-state index contributed by atoms with van der Waals surface area (Å²) in [5, 5.41) is 12.8. The minimum Gasteiger partial charge on any atom is -0.356 e. The Kier molecular flexibility index (Phi) is 7.31. The zero-order valence-electron chi connectivity index (χ0n) is 17.0. The average Bonchev–Trinajstić information content (AvgIpc) is 2.70. The van der Waals surface area contributed by atoms with Gasteiger partial charge in [0.2, 0.25) is 5.91 Å². The van der Waals surface area contributed by atoms with Gasteiger partial charge >= 0.3 is 0 Å². The van der Waals surface area contributed by atoms with Gasteiger partial charge in [0.15, 0.2) is 5.82 Å². The summed E-state index contributed by atoms with van der Waals surface area (Å²) in [6.07, 6.45) is 2.97. The molecule has 1 amide bonds. The van der Waals surface area contributed by atoms with Crippen LogP contribution in [0.5, 0.6) is 0 Å². The van der Waals surface area contributed by atoms with Gasteiger partial charge in [-0.25, -0.2) is 0 Å². The van der Waals surface area contributed by atoms with E-state index in [4.69, 9.17) is 0 Å². The molecular formula is C22H30N4OS. The van der Waals surface area contributed by atoms with Gasteiger partial charge in [0.05, 0.1) is 5.92 Å². The zero-order valence-corrected chi connectivity index (χ0v) is 17.8. The van der Waals surface area contributed by atoms with Crippen LogP contribution in [0.2, 0.25) is 0 Å². The predicted molar refractivity (Wildman–Crippen MR) is 115 cm³/mol. The SMILES string of the molecule is Cc1ccc(Sc2ccc(N3CCCC(C(=O)NCCC(C)C)C3)nn2)cc1. The monoisotopic (exact) mass is 398 g/mol. The number of aromatic nitrogens is 2. The second kappa shape index (κ2) is 9.92. The van der Waals surface area contributed by atoms with Crippen LogP contribution in [-0.2, 0) is 4.79 Å². The lowest BCUT2D eigenvalue weighted by atomic mass is 9.97. The number of benzene rings is 1. The number of rotatable bonds is 7. The van der Waals surface area contributed by atoms with E-state index in [0.29, 0.717) is 12.5 Å². The molecule has 1 aromatic heterocycles. The normalized spacial score (nSPS) is 17.0. The number of nitrogens with zero attached hydrogens (tertiary/aromatic N) is 3. The maximum absolute atomic E-state index is 12.5. The Morgan fingerprint density at radius 3 is 2.68 bits per heavy atom. The standard InChI is InChI=1S/C22H30N4OS/c1-16(2)12-13-23-22(27)18-5-4-14-26(15-18)20-10-11-21(25-24-20)28-19-8-6-17(3)7-9-19/h6-11,16,18H,4-5,12-15H2,1-3H3,(H,23,27). The van der Waals surface area contributed by atoms with Crippen molar-refractivity contribution in [3.63, 3.8) is 0 Å². The number of aryl methyl sites for hydroxylation is 1. The lowest BCUT2D eigenvalue weighted by Gasteiger charge is -2.32. The van der Waals surface area contributed by atoms with Gasteiger partial charge in [-0.1, -0.05) is 43.3 Å². The Morgan fingerprint density at radius 1 is 1.21 bits per heavy atom. The van der Waals surface area contributed by atoms with E-state index in [1.54, 1.807) is 11.8 Å². The van der Waals surface area contributed by atoms with Gasteiger partial charge in [-0.15, -0.1) is 10.2 Å². The van der Waals surface area contributed by atoms with E-state index >= 15 is 0 Å². The van der Waals surface area contributed by atoms with Crippen molar-refractivity contribution in [3.8, 4) is 0 Å². The quantitative estimate of drug-likeness (QED) is 0.753. The van der Waals surface area contributed by atoms with E-state index in [2.05, 4.69) is 65.5 Å². The Bertz CT molecular complexity index is 761. The number of amides is 1. The second-order valence-corrected chi connectivity index (χ2v) is 9.00. The molecule has 0 bridgehead atoms. The first kappa shape index (κ1) is 20.6. The average molecular weight is 399 g/mol. The van der Waals surface area contributed by atoms with E-state index in [9.17, 15) is 4.79 Å². The molecule has 28 heavy (non-hydrogen) atoms. The summed E-state index contributed by atoms with van der Waals surface area (Å²) >= 11 is 1.61. The molecule has 1 atom stereocenters. The lowest BCUT2D eigenvalue weighted by molar-refractivity contribution is -0.125. The Morgan fingerprint density at radius 2 is 2.00 bits per heavy atom. The predicted octanol–water partition coefficient (Wildman–Crippen LogP) is 4.31. The number of piperidine rings is 1. The van der Waals surface area contributed by atoms with E-state index in [-0.39, 0.29) is 11.8 Å². The summed E-state index contributed by atoms with van der Waals surface area (Å²) in [4.78, 5) is 15.8. The van der Waals surface area contributed by atoms with Crippen LogP contribution in [-0.4, -0.2) is 35.7 Å². The van der Waals surface area contributed by atoms with Crippen molar-refractivity contribution < 1.29 is 4.79 Å². The van der Waals surface area contributed by atoms with Gasteiger partial charge in [-0.3, -0.25) is 4.79 Å². The van der Waals surface area contributed by atoms with Crippen molar-refractivity contribution >= 4 is 23.5 Å². The maximum Gasteiger partial charge on any atom is 0.224 e. The molecule has 1 aliphatic heterocycles. The van der Waals surface area contributed by atoms with Gasteiger partial charge < -0.3 is 10.2 Å². The lowest BCUT2D eigenvalue weighted by Crippen LogP contribution is -2.43. The van der Waals surface area contributed by atoms with Crippen LogP contribution < -0.4 is 10.2 Å². The van der Waals surface area contributed by atoms with E-state index in [0.717, 1.165) is 48.1 Å². The van der Waals surface area contributed by atoms with Crippen LogP contribution in [0.3, 0.4) is 0 Å². The molecule has 1 unspecified atom stereocenters. The molecule has 1 aliphatic rings. The highest BCUT2D eigenvalue weighted by atomic mass is 32.2. The topological polar surface area (TPSA) is 58.1 Å². The highest BCUT2D eigenvalue weighted by Gasteiger charge is 2.26. The van der Waals surface area contributed by atoms with Crippen molar-refractivity contribution in [2.24, 2.45) is 11.8 Å². The molecule has 1 aromatic carbocycles. The van der Waals surface area contributed by atoms with E-state index in [1.807, 2.05) is 12.1 Å². The summed E-state index contributed by atoms with van der Waals surface area (Å²) in [6.45, 7) is 8.83. The fourth-order valence-electron chi connectivity index (χ4n) is 3.29. The number of hydrogen-bond acceptors (Lipinski definition) is 5. The smallest absolute Gasteiger partial charge is 0.224 e. The number of anilines is 1. The largest absolute Gasteiger partial charge is 0.356 e. The van der Waals surface area contributed by atoms with Crippen molar-refractivity contribution in [1.29, 1.82) is 0 Å². The van der Waals surface area contributed by atoms with Crippen molar-refractivity contribution in [1.82, 2.24) is 15.5 Å². The molecule has 0 spiro atoms. The third kappa shape index (κ3) is 5.96. The second-order valence-electron chi connectivity index (χ2n) is 7.90. The van der Waals surface area contributed by atoms with Gasteiger partial charge in [0, 0.05) is 24.5 Å². The first-order valence-corrected chi connectivity index (χ1v) is 10.9. The van der Waals surface area contributed by atoms with Gasteiger partial charge in [-0.05, 0) is 56.4 Å². The van der Waals surface area contributed by atoms with Crippen molar-refractivity contribution in [3.05, 3.63) is 42.0 Å². The minimum absolute atomic E-state index is 0.0318. The Balaban J connectivity index is 1.55. The molecule has 1 saturated heterocycles. The summed E-state index contributed by atoms with van der Waals surface area (Å²) in [6, 6.07) is 12.4. The highest BCUT2D eigenvalue weighted by molar-refractivity contribution is 7.99. The summed E-state index contributed by atoms with van der Waals surface area (Å²) in [7, 11) is 0. The van der Waals surface area contributed by atoms with Crippen LogP contribution in [0.25, 0.3) is 0 Å². The third-order valence-electron chi connectivity index (χ3n) is 5.01. The molecule has 0 aliphatic carbocycles. The first-order chi connectivity index (χ1) is 13.5. The molecular weight excluding hydrogens is 368 g/mol. The molecule has 150 valence electrons. The molecule has 1 fully saturated rings. The molecule has 3 rings (SSSR count). The Labute approximate surface area is 172 Å². The molecule has 1 N–H and O–H groups in total. The molecule has 6 heteroatoms. The fraction of sp³-hybridized carbons (Fsp3) is 0.500. The van der Waals surface area contributed by atoms with Crippen LogP contribution in [0.1, 0.15) is 38.7 Å². The Hall–Kier alpha value is -2.08. The fourth-order valence-corrected chi connectivity index (χ4v) is 4.02. The summed E-state index contributed by atoms with van der Waals surface area (Å²) < 4.78 is 0. The number of nitrogens with one attached hydrogen (secondary N) is 1. The molecule has 0 radical (unpaired) electrons. The van der Waals surface area contributed by atoms with Crippen molar-refractivity contribution in [2.75, 3.05) is 24.5 Å². The van der Waals surface area contributed by atoms with Crippen LogP contribution in [0.15, 0.2) is 46.3 Å². The molecule has 2 aromatic rings.